The molecule has 0 saturated carbocycles. The number of alkyl halides is 7. The Balaban J connectivity index is 3.37. The first-order valence-corrected chi connectivity index (χ1v) is 9.55. The summed E-state index contributed by atoms with van der Waals surface area (Å²) in [4.78, 5) is 0. The molecule has 0 radical (unpaired) electrons. The van der Waals surface area contributed by atoms with Crippen LogP contribution in [0.2, 0.25) is 6.55 Å². The molecule has 1 aromatic rings. The fourth-order valence-electron chi connectivity index (χ4n) is 1.35. The van der Waals surface area contributed by atoms with Crippen molar-refractivity contribution in [3.63, 3.8) is 0 Å². The largest absolute Gasteiger partial charge is 0.460 e. The van der Waals surface area contributed by atoms with Gasteiger partial charge in [-0.05, 0) is 11.7 Å². The van der Waals surface area contributed by atoms with Crippen LogP contribution in [0.1, 0.15) is 5.56 Å². The van der Waals surface area contributed by atoms with Crippen molar-refractivity contribution in [3.05, 3.63) is 29.8 Å². The molecule has 0 aliphatic heterocycles. The summed E-state index contributed by atoms with van der Waals surface area (Å²) in [6, 6.07) is 3.04. The molecule has 0 N–H and O–H groups in total. The van der Waals surface area contributed by atoms with Crippen molar-refractivity contribution in [2.24, 2.45) is 0 Å². The van der Waals surface area contributed by atoms with Crippen molar-refractivity contribution in [3.8, 4) is 0 Å². The van der Waals surface area contributed by atoms with Crippen molar-refractivity contribution >= 4 is 34.0 Å². The van der Waals surface area contributed by atoms with Crippen LogP contribution in [0.4, 0.5) is 30.7 Å². The van der Waals surface area contributed by atoms with Gasteiger partial charge in [-0.1, -0.05) is 24.3 Å². The van der Waals surface area contributed by atoms with Gasteiger partial charge in [0.2, 0.25) is 0 Å². The number of benzene rings is 1. The van der Waals surface area contributed by atoms with Gasteiger partial charge >= 0.3 is 18.0 Å². The van der Waals surface area contributed by atoms with Gasteiger partial charge in [0.05, 0.1) is 0 Å². The Hall–Kier alpha value is -0.473. The number of rotatable bonds is 3. The molecule has 114 valence electrons. The predicted octanol–water partition coefficient (Wildman–Crippen LogP) is 4.73. The van der Waals surface area contributed by atoms with Crippen LogP contribution < -0.4 is 5.19 Å². The van der Waals surface area contributed by atoms with Gasteiger partial charge in [-0.3, -0.25) is 0 Å². The lowest BCUT2D eigenvalue weighted by Crippen LogP contribution is -2.50. The number of halogens is 9. The van der Waals surface area contributed by atoms with Crippen molar-refractivity contribution in [2.75, 3.05) is 0 Å². The monoisotopic (exact) mass is 358 g/mol. The molecular formula is C10H7Cl2F7Si. The molecular weight excluding hydrogens is 352 g/mol. The van der Waals surface area contributed by atoms with E-state index in [9.17, 15) is 30.7 Å². The van der Waals surface area contributed by atoms with E-state index in [1.807, 2.05) is 0 Å². The van der Waals surface area contributed by atoms with E-state index in [1.165, 1.54) is 12.6 Å². The molecule has 0 spiro atoms. The summed E-state index contributed by atoms with van der Waals surface area (Å²) in [5, 5.41) is -0.0871. The van der Waals surface area contributed by atoms with E-state index in [-0.39, 0.29) is 5.19 Å². The Morgan fingerprint density at radius 3 is 1.85 bits per heavy atom. The lowest BCUT2D eigenvalue weighted by molar-refractivity contribution is -0.359. The molecule has 0 amide bonds. The van der Waals surface area contributed by atoms with Gasteiger partial charge in [0.15, 0.2) is 0 Å². The van der Waals surface area contributed by atoms with Crippen molar-refractivity contribution in [1.82, 2.24) is 0 Å². The van der Waals surface area contributed by atoms with Gasteiger partial charge in [-0.15, -0.1) is 22.2 Å². The highest BCUT2D eigenvalue weighted by atomic mass is 35.7. The Kier molecular flexibility index (Phi) is 4.45. The minimum absolute atomic E-state index is 0.0871. The molecule has 1 rings (SSSR count). The number of hydrogen-bond acceptors (Lipinski definition) is 0. The topological polar surface area (TPSA) is 0 Å². The summed E-state index contributed by atoms with van der Waals surface area (Å²) in [5.74, 6) is -11.6. The average Bonchev–Trinajstić information content (AvgIpc) is 2.26. The molecule has 1 aromatic carbocycles. The van der Waals surface area contributed by atoms with Crippen LogP contribution in [-0.4, -0.2) is 18.8 Å². The standard InChI is InChI=1S/C10H7Cl2F7Si/c1-20(11,12)7-4-2-3-6(5-7)8(13,14)9(15,16)10(17,18)19/h2-5H,1H3. The van der Waals surface area contributed by atoms with E-state index in [4.69, 9.17) is 22.2 Å². The van der Waals surface area contributed by atoms with Crippen LogP contribution in [0.25, 0.3) is 0 Å². The lowest BCUT2D eigenvalue weighted by Gasteiger charge is -2.29. The third-order valence-electron chi connectivity index (χ3n) is 2.48. The lowest BCUT2D eigenvalue weighted by atomic mass is 10.0. The van der Waals surface area contributed by atoms with Crippen LogP contribution in [0.5, 0.6) is 0 Å². The molecule has 0 saturated heterocycles. The first kappa shape index (κ1) is 17.6. The van der Waals surface area contributed by atoms with E-state index < -0.39 is 30.3 Å². The summed E-state index contributed by atoms with van der Waals surface area (Å²) >= 11 is 11.5. The van der Waals surface area contributed by atoms with Gasteiger partial charge in [0.1, 0.15) is 0 Å². The van der Waals surface area contributed by atoms with Crippen molar-refractivity contribution < 1.29 is 30.7 Å². The van der Waals surface area contributed by atoms with Crippen molar-refractivity contribution in [1.29, 1.82) is 0 Å². The van der Waals surface area contributed by atoms with Gasteiger partial charge in [0.25, 0.3) is 6.69 Å². The SMILES string of the molecule is C[Si](Cl)(Cl)c1cccc(C(F)(F)C(F)(F)C(F)(F)F)c1. The maximum atomic E-state index is 13.5. The molecule has 20 heavy (non-hydrogen) atoms. The highest BCUT2D eigenvalue weighted by molar-refractivity contribution is 7.50. The van der Waals surface area contributed by atoms with E-state index >= 15 is 0 Å². The molecule has 0 aromatic heterocycles. The van der Waals surface area contributed by atoms with Crippen LogP contribution >= 0.6 is 22.2 Å². The zero-order chi connectivity index (χ0) is 16.0. The summed E-state index contributed by atoms with van der Waals surface area (Å²) in [6.45, 7) is -1.86. The minimum atomic E-state index is -6.38. The van der Waals surface area contributed by atoms with Gasteiger partial charge in [-0.2, -0.15) is 30.7 Å². The van der Waals surface area contributed by atoms with Crippen LogP contribution in [-0.2, 0) is 5.92 Å². The zero-order valence-corrected chi connectivity index (χ0v) is 12.2. The Labute approximate surface area is 119 Å². The maximum Gasteiger partial charge on any atom is 0.460 e. The quantitative estimate of drug-likeness (QED) is 0.416. The molecule has 0 unspecified atom stereocenters. The third-order valence-corrected chi connectivity index (χ3v) is 5.12. The first-order valence-electron chi connectivity index (χ1n) is 5.02. The average molecular weight is 359 g/mol. The summed E-state index contributed by atoms with van der Waals surface area (Å²) in [5.41, 5.74) is -1.49. The van der Waals surface area contributed by atoms with Crippen LogP contribution in [0, 0.1) is 0 Å². The highest BCUT2D eigenvalue weighted by Crippen LogP contribution is 2.51. The minimum Gasteiger partial charge on any atom is -0.194 e. The molecule has 0 bridgehead atoms. The maximum absolute atomic E-state index is 13.5. The summed E-state index contributed by atoms with van der Waals surface area (Å²) in [6.07, 6.45) is -6.38. The molecule has 0 aliphatic rings. The Bertz CT molecular complexity index is 493. The van der Waals surface area contributed by atoms with Gasteiger partial charge in [-0.25, -0.2) is 0 Å². The molecule has 10 heteroatoms. The van der Waals surface area contributed by atoms with Crippen molar-refractivity contribution in [2.45, 2.75) is 24.6 Å². The molecule has 0 heterocycles. The van der Waals surface area contributed by atoms with E-state index in [0.717, 1.165) is 6.07 Å². The van der Waals surface area contributed by atoms with Gasteiger partial charge < -0.3 is 0 Å². The number of hydrogen-bond donors (Lipinski definition) is 0. The fourth-order valence-corrected chi connectivity index (χ4v) is 2.85. The molecule has 0 atom stereocenters. The highest BCUT2D eigenvalue weighted by Gasteiger charge is 2.73. The third kappa shape index (κ3) is 3.06. The van der Waals surface area contributed by atoms with Crippen LogP contribution in [0.15, 0.2) is 24.3 Å². The molecule has 0 fully saturated rings. The Morgan fingerprint density at radius 1 is 0.950 bits per heavy atom. The smallest absolute Gasteiger partial charge is 0.194 e. The van der Waals surface area contributed by atoms with Gasteiger partial charge in [0, 0.05) is 5.56 Å². The second-order valence-corrected chi connectivity index (χ2v) is 11.6. The van der Waals surface area contributed by atoms with E-state index in [1.54, 1.807) is 0 Å². The predicted molar refractivity (Wildman–Crippen MR) is 64.3 cm³/mol. The summed E-state index contributed by atoms with van der Waals surface area (Å²) < 4.78 is 88.9. The van der Waals surface area contributed by atoms with E-state index in [2.05, 4.69) is 0 Å². The zero-order valence-electron chi connectivity index (χ0n) is 9.71. The summed E-state index contributed by atoms with van der Waals surface area (Å²) in [7, 11) is 0. The van der Waals surface area contributed by atoms with Crippen LogP contribution in [0.3, 0.4) is 0 Å². The Morgan fingerprint density at radius 2 is 1.45 bits per heavy atom. The normalized spacial score (nSPS) is 14.5. The first-order chi connectivity index (χ1) is 8.71. The second kappa shape index (κ2) is 5.06. The second-order valence-electron chi connectivity index (χ2n) is 4.12. The fraction of sp³-hybridized carbons (Fsp3) is 0.400. The molecule has 0 aliphatic carbocycles. The molecule has 0 nitrogen and oxygen atoms in total. The van der Waals surface area contributed by atoms with E-state index in [0.29, 0.717) is 12.1 Å².